The summed E-state index contributed by atoms with van der Waals surface area (Å²) in [6.07, 6.45) is 0.761. The third-order valence-corrected chi connectivity index (χ3v) is 2.22. The topological polar surface area (TPSA) is 67.2 Å². The number of carbonyl (C=O) groups excluding carboxylic acids is 1. The summed E-state index contributed by atoms with van der Waals surface area (Å²) >= 11 is 0. The summed E-state index contributed by atoms with van der Waals surface area (Å²) in [5.74, 6) is 0.833. The number of carbonyl (C=O) groups is 1. The number of aromatic nitrogens is 1. The molecule has 0 saturated carbocycles. The number of halogens is 1. The van der Waals surface area contributed by atoms with Gasteiger partial charge in [0.05, 0.1) is 12.2 Å². The number of likely N-dealkylation sites (N-methyl/N-ethyl adjacent to an activating group) is 1. The van der Waals surface area contributed by atoms with Crippen molar-refractivity contribution in [1.82, 2.24) is 15.8 Å². The predicted octanol–water partition coefficient (Wildman–Crippen LogP) is 0.591. The van der Waals surface area contributed by atoms with E-state index in [0.29, 0.717) is 13.1 Å². The van der Waals surface area contributed by atoms with E-state index in [-0.39, 0.29) is 18.3 Å². The minimum absolute atomic E-state index is 0. The van der Waals surface area contributed by atoms with Gasteiger partial charge in [0.25, 0.3) is 0 Å². The van der Waals surface area contributed by atoms with E-state index < -0.39 is 0 Å². The molecule has 0 atom stereocenters. The average molecular weight is 248 g/mol. The summed E-state index contributed by atoms with van der Waals surface area (Å²) in [6.45, 7) is 4.75. The molecular weight excluding hydrogens is 230 g/mol. The number of nitrogens with one attached hydrogen (secondary N) is 2. The third kappa shape index (κ3) is 4.20. The van der Waals surface area contributed by atoms with Crippen LogP contribution in [-0.2, 0) is 11.2 Å². The second-order valence-corrected chi connectivity index (χ2v) is 3.43. The van der Waals surface area contributed by atoms with Crippen LogP contribution in [0.2, 0.25) is 0 Å². The first-order chi connectivity index (χ1) is 7.15. The van der Waals surface area contributed by atoms with E-state index in [4.69, 9.17) is 4.52 Å². The Morgan fingerprint density at radius 3 is 2.62 bits per heavy atom. The standard InChI is InChI=1S/C10H17N3O2.ClH/c1-7-9(8(2)15-13-7)4-5-12-10(14)6-11-3;/h11H,4-6H2,1-3H3,(H,12,14);1H. The Labute approximate surface area is 101 Å². The van der Waals surface area contributed by atoms with Gasteiger partial charge in [-0.1, -0.05) is 5.16 Å². The fraction of sp³-hybridized carbons (Fsp3) is 0.600. The fourth-order valence-electron chi connectivity index (χ4n) is 1.41. The van der Waals surface area contributed by atoms with Crippen LogP contribution in [0.3, 0.4) is 0 Å². The molecule has 1 heterocycles. The second kappa shape index (κ2) is 7.24. The number of amides is 1. The summed E-state index contributed by atoms with van der Waals surface area (Å²) in [6, 6.07) is 0. The van der Waals surface area contributed by atoms with Crippen LogP contribution in [0.25, 0.3) is 0 Å². The average Bonchev–Trinajstić information content (AvgIpc) is 2.49. The van der Waals surface area contributed by atoms with Crippen molar-refractivity contribution in [2.75, 3.05) is 20.1 Å². The molecule has 0 aromatic carbocycles. The van der Waals surface area contributed by atoms with E-state index >= 15 is 0 Å². The quantitative estimate of drug-likeness (QED) is 0.799. The number of nitrogens with zero attached hydrogens (tertiary/aromatic N) is 1. The van der Waals surface area contributed by atoms with Crippen molar-refractivity contribution >= 4 is 18.3 Å². The fourth-order valence-corrected chi connectivity index (χ4v) is 1.41. The van der Waals surface area contributed by atoms with Gasteiger partial charge in [-0.3, -0.25) is 4.79 Å². The van der Waals surface area contributed by atoms with Gasteiger partial charge in [0.15, 0.2) is 0 Å². The minimum atomic E-state index is 0. The van der Waals surface area contributed by atoms with Crippen LogP contribution in [0, 0.1) is 13.8 Å². The molecule has 16 heavy (non-hydrogen) atoms. The molecule has 1 aromatic heterocycles. The molecule has 0 radical (unpaired) electrons. The van der Waals surface area contributed by atoms with Crippen molar-refractivity contribution in [3.8, 4) is 0 Å². The number of hydrogen-bond donors (Lipinski definition) is 2. The molecular formula is C10H18ClN3O2. The molecule has 0 fully saturated rings. The van der Waals surface area contributed by atoms with Gasteiger partial charge in [-0.15, -0.1) is 12.4 Å². The first-order valence-corrected chi connectivity index (χ1v) is 4.98. The van der Waals surface area contributed by atoms with Gasteiger partial charge in [-0.2, -0.15) is 0 Å². The Morgan fingerprint density at radius 2 is 2.12 bits per heavy atom. The molecule has 0 unspecified atom stereocenters. The van der Waals surface area contributed by atoms with Crippen molar-refractivity contribution in [3.63, 3.8) is 0 Å². The molecule has 0 aliphatic carbocycles. The minimum Gasteiger partial charge on any atom is -0.361 e. The van der Waals surface area contributed by atoms with E-state index in [0.717, 1.165) is 23.4 Å². The van der Waals surface area contributed by atoms with Crippen LogP contribution in [-0.4, -0.2) is 31.2 Å². The highest BCUT2D eigenvalue weighted by Gasteiger charge is 2.08. The largest absolute Gasteiger partial charge is 0.361 e. The van der Waals surface area contributed by atoms with Crippen LogP contribution in [0.1, 0.15) is 17.0 Å². The highest BCUT2D eigenvalue weighted by molar-refractivity contribution is 5.85. The summed E-state index contributed by atoms with van der Waals surface area (Å²) < 4.78 is 5.03. The molecule has 0 bridgehead atoms. The predicted molar refractivity (Wildman–Crippen MR) is 63.9 cm³/mol. The normalized spacial score (nSPS) is 9.69. The zero-order valence-electron chi connectivity index (χ0n) is 9.79. The van der Waals surface area contributed by atoms with Crippen LogP contribution >= 0.6 is 12.4 Å². The number of rotatable bonds is 5. The third-order valence-electron chi connectivity index (χ3n) is 2.22. The molecule has 0 saturated heterocycles. The van der Waals surface area contributed by atoms with Crippen molar-refractivity contribution in [1.29, 1.82) is 0 Å². The molecule has 0 spiro atoms. The van der Waals surface area contributed by atoms with Crippen molar-refractivity contribution in [2.45, 2.75) is 20.3 Å². The molecule has 2 N–H and O–H groups in total. The zero-order valence-corrected chi connectivity index (χ0v) is 10.6. The summed E-state index contributed by atoms with van der Waals surface area (Å²) in [7, 11) is 1.74. The van der Waals surface area contributed by atoms with Crippen LogP contribution in [0.15, 0.2) is 4.52 Å². The molecule has 0 aliphatic heterocycles. The Balaban J connectivity index is 0.00000225. The van der Waals surface area contributed by atoms with Gasteiger partial charge in [-0.25, -0.2) is 0 Å². The summed E-state index contributed by atoms with van der Waals surface area (Å²) in [5, 5.41) is 9.45. The lowest BCUT2D eigenvalue weighted by Gasteiger charge is -2.03. The van der Waals surface area contributed by atoms with E-state index in [1.54, 1.807) is 7.05 Å². The Morgan fingerprint density at radius 1 is 1.44 bits per heavy atom. The van der Waals surface area contributed by atoms with Crippen LogP contribution in [0.5, 0.6) is 0 Å². The lowest BCUT2D eigenvalue weighted by molar-refractivity contribution is -0.120. The van der Waals surface area contributed by atoms with E-state index in [1.807, 2.05) is 13.8 Å². The summed E-state index contributed by atoms with van der Waals surface area (Å²) in [4.78, 5) is 11.1. The smallest absolute Gasteiger partial charge is 0.233 e. The Kier molecular flexibility index (Phi) is 6.76. The van der Waals surface area contributed by atoms with Gasteiger partial charge in [-0.05, 0) is 27.3 Å². The van der Waals surface area contributed by atoms with E-state index in [9.17, 15) is 4.79 Å². The molecule has 0 aliphatic rings. The van der Waals surface area contributed by atoms with Gasteiger partial charge >= 0.3 is 0 Å². The van der Waals surface area contributed by atoms with E-state index in [2.05, 4.69) is 15.8 Å². The molecule has 1 aromatic rings. The lowest BCUT2D eigenvalue weighted by Crippen LogP contribution is -2.33. The number of hydrogen-bond acceptors (Lipinski definition) is 4. The van der Waals surface area contributed by atoms with Gasteiger partial charge < -0.3 is 15.2 Å². The SMILES string of the molecule is CNCC(=O)NCCc1c(C)noc1C.Cl. The second-order valence-electron chi connectivity index (χ2n) is 3.43. The van der Waals surface area contributed by atoms with Crippen LogP contribution < -0.4 is 10.6 Å². The van der Waals surface area contributed by atoms with Gasteiger partial charge in [0.2, 0.25) is 5.91 Å². The first-order valence-electron chi connectivity index (χ1n) is 4.98. The molecule has 1 amide bonds. The highest BCUT2D eigenvalue weighted by Crippen LogP contribution is 2.11. The molecule has 6 heteroatoms. The first kappa shape index (κ1) is 14.9. The maximum Gasteiger partial charge on any atom is 0.233 e. The van der Waals surface area contributed by atoms with Gasteiger partial charge in [0, 0.05) is 12.1 Å². The highest BCUT2D eigenvalue weighted by atomic mass is 35.5. The maximum absolute atomic E-state index is 11.1. The Hall–Kier alpha value is -1.07. The molecule has 1 rings (SSSR count). The van der Waals surface area contributed by atoms with E-state index in [1.165, 1.54) is 0 Å². The van der Waals surface area contributed by atoms with Crippen molar-refractivity contribution in [3.05, 3.63) is 17.0 Å². The monoisotopic (exact) mass is 247 g/mol. The molecule has 5 nitrogen and oxygen atoms in total. The van der Waals surface area contributed by atoms with Crippen molar-refractivity contribution < 1.29 is 9.32 Å². The zero-order chi connectivity index (χ0) is 11.3. The van der Waals surface area contributed by atoms with Gasteiger partial charge in [0.1, 0.15) is 5.76 Å². The Bertz CT molecular complexity index is 319. The lowest BCUT2D eigenvalue weighted by atomic mass is 10.1. The molecule has 92 valence electrons. The summed E-state index contributed by atoms with van der Waals surface area (Å²) in [5.41, 5.74) is 1.98. The van der Waals surface area contributed by atoms with Crippen LogP contribution in [0.4, 0.5) is 0 Å². The van der Waals surface area contributed by atoms with Crippen molar-refractivity contribution in [2.24, 2.45) is 0 Å². The number of aryl methyl sites for hydroxylation is 2. The maximum atomic E-state index is 11.1.